The molecule has 0 spiro atoms. The first-order valence-corrected chi connectivity index (χ1v) is 10.1. The van der Waals surface area contributed by atoms with Crippen molar-refractivity contribution in [1.29, 1.82) is 0 Å². The number of aromatic nitrogens is 3. The molecule has 1 atom stereocenters. The topological polar surface area (TPSA) is 84.8 Å². The zero-order valence-electron chi connectivity index (χ0n) is 11.5. The average molecular weight is 332 g/mol. The summed E-state index contributed by atoms with van der Waals surface area (Å²) in [7, 11) is -2.94. The Balaban J connectivity index is 2.14. The SMILES string of the molecule is CSc1nc2ncnc(NC(C)CCS(C)(=O)=O)c2s1. The molecule has 1 unspecified atom stereocenters. The van der Waals surface area contributed by atoms with E-state index in [-0.39, 0.29) is 11.8 Å². The van der Waals surface area contributed by atoms with E-state index in [1.165, 1.54) is 23.9 Å². The van der Waals surface area contributed by atoms with Crippen LogP contribution in [0.3, 0.4) is 0 Å². The summed E-state index contributed by atoms with van der Waals surface area (Å²) in [6.07, 6.45) is 5.22. The van der Waals surface area contributed by atoms with Crippen molar-refractivity contribution in [2.45, 2.75) is 23.7 Å². The molecule has 1 N–H and O–H groups in total. The van der Waals surface area contributed by atoms with Gasteiger partial charge in [0.2, 0.25) is 0 Å². The van der Waals surface area contributed by atoms with Crippen LogP contribution in [0, 0.1) is 0 Å². The van der Waals surface area contributed by atoms with Gasteiger partial charge in [0.15, 0.2) is 9.99 Å². The summed E-state index contributed by atoms with van der Waals surface area (Å²) >= 11 is 3.10. The quantitative estimate of drug-likeness (QED) is 0.810. The summed E-state index contributed by atoms with van der Waals surface area (Å²) in [6.45, 7) is 1.94. The lowest BCUT2D eigenvalue weighted by Crippen LogP contribution is -2.20. The first-order chi connectivity index (χ1) is 9.39. The molecule has 0 aliphatic rings. The summed E-state index contributed by atoms with van der Waals surface area (Å²) in [5.74, 6) is 0.877. The lowest BCUT2D eigenvalue weighted by Gasteiger charge is -2.13. The Bertz CT molecular complexity index is 699. The van der Waals surface area contributed by atoms with E-state index < -0.39 is 9.84 Å². The number of sulfone groups is 1. The highest BCUT2D eigenvalue weighted by Crippen LogP contribution is 2.31. The molecule has 110 valence electrons. The Hall–Kier alpha value is -0.930. The number of thiazole rings is 1. The van der Waals surface area contributed by atoms with Crippen LogP contribution >= 0.6 is 23.1 Å². The fourth-order valence-electron chi connectivity index (χ4n) is 1.62. The number of rotatable bonds is 6. The molecule has 20 heavy (non-hydrogen) atoms. The normalized spacial score (nSPS) is 13.6. The molecule has 0 aliphatic carbocycles. The molecule has 0 saturated carbocycles. The monoisotopic (exact) mass is 332 g/mol. The van der Waals surface area contributed by atoms with Gasteiger partial charge in [0.1, 0.15) is 26.7 Å². The minimum atomic E-state index is -2.94. The van der Waals surface area contributed by atoms with Crippen LogP contribution in [0.1, 0.15) is 13.3 Å². The Labute approximate surface area is 126 Å². The van der Waals surface area contributed by atoms with Crippen molar-refractivity contribution in [3.05, 3.63) is 6.33 Å². The first-order valence-electron chi connectivity index (χ1n) is 5.99. The van der Waals surface area contributed by atoms with E-state index in [2.05, 4.69) is 20.3 Å². The van der Waals surface area contributed by atoms with Crippen LogP contribution in [0.5, 0.6) is 0 Å². The molecule has 0 amide bonds. The van der Waals surface area contributed by atoms with Gasteiger partial charge >= 0.3 is 0 Å². The predicted molar refractivity (Wildman–Crippen MR) is 84.4 cm³/mol. The third-order valence-corrected chi connectivity index (χ3v) is 5.66. The summed E-state index contributed by atoms with van der Waals surface area (Å²) in [5.41, 5.74) is 0.673. The van der Waals surface area contributed by atoms with Gasteiger partial charge in [-0.15, -0.1) is 11.3 Å². The Morgan fingerprint density at radius 2 is 2.20 bits per heavy atom. The Kier molecular flexibility index (Phi) is 4.82. The first kappa shape index (κ1) is 15.5. The van der Waals surface area contributed by atoms with Crippen molar-refractivity contribution >= 4 is 49.1 Å². The highest BCUT2D eigenvalue weighted by atomic mass is 32.2. The molecular weight excluding hydrogens is 316 g/mol. The van der Waals surface area contributed by atoms with Crippen LogP contribution in [-0.4, -0.2) is 47.7 Å². The molecule has 0 radical (unpaired) electrons. The molecule has 0 bridgehead atoms. The van der Waals surface area contributed by atoms with Gasteiger partial charge < -0.3 is 5.32 Å². The van der Waals surface area contributed by atoms with E-state index in [1.807, 2.05) is 13.2 Å². The maximum atomic E-state index is 11.2. The largest absolute Gasteiger partial charge is 0.366 e. The zero-order chi connectivity index (χ0) is 14.8. The second-order valence-corrected chi connectivity index (χ2v) is 8.84. The van der Waals surface area contributed by atoms with Crippen LogP contribution in [0.2, 0.25) is 0 Å². The molecule has 0 aromatic carbocycles. The van der Waals surface area contributed by atoms with Gasteiger partial charge in [0, 0.05) is 12.3 Å². The third-order valence-electron chi connectivity index (χ3n) is 2.65. The third kappa shape index (κ3) is 4.03. The van der Waals surface area contributed by atoms with E-state index in [0.717, 1.165) is 9.04 Å². The molecule has 2 aromatic rings. The van der Waals surface area contributed by atoms with Crippen molar-refractivity contribution in [2.75, 3.05) is 23.6 Å². The highest BCUT2D eigenvalue weighted by Gasteiger charge is 2.13. The van der Waals surface area contributed by atoms with Crippen LogP contribution < -0.4 is 5.32 Å². The van der Waals surface area contributed by atoms with Crippen LogP contribution in [-0.2, 0) is 9.84 Å². The van der Waals surface area contributed by atoms with Gasteiger partial charge in [-0.1, -0.05) is 11.8 Å². The minimum Gasteiger partial charge on any atom is -0.366 e. The fraction of sp³-hybridized carbons (Fsp3) is 0.545. The molecule has 9 heteroatoms. The number of fused-ring (bicyclic) bond motifs is 1. The molecular formula is C11H16N4O2S3. The van der Waals surface area contributed by atoms with Gasteiger partial charge in [0.25, 0.3) is 0 Å². The molecule has 2 aromatic heterocycles. The van der Waals surface area contributed by atoms with Gasteiger partial charge in [-0.05, 0) is 19.6 Å². The molecule has 0 fully saturated rings. The maximum absolute atomic E-state index is 11.2. The standard InChI is InChI=1S/C11H16N4O2S3/c1-7(4-5-20(3,16)17)14-9-8-10(13-6-12-9)15-11(18-2)19-8/h6-7H,4-5H2,1-3H3,(H,12,13,14). The highest BCUT2D eigenvalue weighted by molar-refractivity contribution is 8.00. The Morgan fingerprint density at radius 3 is 2.85 bits per heavy atom. The second-order valence-electron chi connectivity index (χ2n) is 4.52. The van der Waals surface area contributed by atoms with E-state index >= 15 is 0 Å². The molecule has 6 nitrogen and oxygen atoms in total. The number of nitrogens with one attached hydrogen (secondary N) is 1. The molecule has 0 aliphatic heterocycles. The van der Waals surface area contributed by atoms with E-state index in [4.69, 9.17) is 0 Å². The number of hydrogen-bond donors (Lipinski definition) is 1. The van der Waals surface area contributed by atoms with Crippen LogP contribution in [0.4, 0.5) is 5.82 Å². The summed E-state index contributed by atoms with van der Waals surface area (Å²) in [6, 6.07) is 0.0163. The fourth-order valence-corrected chi connectivity index (χ4v) is 3.87. The summed E-state index contributed by atoms with van der Waals surface area (Å²) in [5, 5.41) is 3.24. The summed E-state index contributed by atoms with van der Waals surface area (Å²) < 4.78 is 24.2. The van der Waals surface area contributed by atoms with Crippen LogP contribution in [0.25, 0.3) is 10.3 Å². The number of nitrogens with zero attached hydrogens (tertiary/aromatic N) is 3. The lowest BCUT2D eigenvalue weighted by molar-refractivity contribution is 0.595. The zero-order valence-corrected chi connectivity index (χ0v) is 13.9. The van der Waals surface area contributed by atoms with Gasteiger partial charge in [-0.25, -0.2) is 23.4 Å². The second kappa shape index (κ2) is 6.23. The van der Waals surface area contributed by atoms with Crippen molar-refractivity contribution in [3.8, 4) is 0 Å². The smallest absolute Gasteiger partial charge is 0.176 e. The van der Waals surface area contributed by atoms with E-state index in [9.17, 15) is 8.42 Å². The van der Waals surface area contributed by atoms with Crippen molar-refractivity contribution in [3.63, 3.8) is 0 Å². The van der Waals surface area contributed by atoms with Gasteiger partial charge in [0.05, 0.1) is 5.75 Å². The van der Waals surface area contributed by atoms with E-state index in [0.29, 0.717) is 17.9 Å². The molecule has 0 saturated heterocycles. The van der Waals surface area contributed by atoms with Crippen molar-refractivity contribution < 1.29 is 8.42 Å². The predicted octanol–water partition coefficient (Wildman–Crippen LogP) is 2.04. The maximum Gasteiger partial charge on any atom is 0.176 e. The number of anilines is 1. The van der Waals surface area contributed by atoms with Crippen molar-refractivity contribution in [2.24, 2.45) is 0 Å². The molecule has 2 heterocycles. The average Bonchev–Trinajstić information content (AvgIpc) is 2.80. The molecule has 2 rings (SSSR count). The summed E-state index contributed by atoms with van der Waals surface area (Å²) in [4.78, 5) is 12.7. The van der Waals surface area contributed by atoms with Gasteiger partial charge in [-0.3, -0.25) is 0 Å². The van der Waals surface area contributed by atoms with Gasteiger partial charge in [-0.2, -0.15) is 0 Å². The van der Waals surface area contributed by atoms with E-state index in [1.54, 1.807) is 11.8 Å². The Morgan fingerprint density at radius 1 is 1.45 bits per heavy atom. The van der Waals surface area contributed by atoms with Crippen LogP contribution in [0.15, 0.2) is 10.7 Å². The van der Waals surface area contributed by atoms with Crippen molar-refractivity contribution in [1.82, 2.24) is 15.0 Å². The minimum absolute atomic E-state index is 0.0163. The lowest BCUT2D eigenvalue weighted by atomic mass is 10.2. The number of thioether (sulfide) groups is 1. The number of hydrogen-bond acceptors (Lipinski definition) is 8.